The molecule has 1 unspecified atom stereocenters. The summed E-state index contributed by atoms with van der Waals surface area (Å²) < 4.78 is 34.3. The summed E-state index contributed by atoms with van der Waals surface area (Å²) in [6, 6.07) is 23.5. The minimum Gasteiger partial charge on any atom is -0.497 e. The van der Waals surface area contributed by atoms with Gasteiger partial charge in [-0.1, -0.05) is 48.0 Å². The number of hydrogen-bond acceptors (Lipinski definition) is 3. The fraction of sp³-hybridized carbons (Fsp3) is 0.130. The topological polar surface area (TPSA) is 71.2 Å². The fourth-order valence-electron chi connectivity index (χ4n) is 3.31. The van der Waals surface area contributed by atoms with Gasteiger partial charge in [-0.2, -0.15) is 4.72 Å². The molecule has 1 heterocycles. The van der Waals surface area contributed by atoms with Crippen molar-refractivity contribution in [2.45, 2.75) is 17.9 Å². The Hall–Kier alpha value is -3.09. The monoisotopic (exact) mass is 406 g/mol. The van der Waals surface area contributed by atoms with Gasteiger partial charge in [-0.15, -0.1) is 0 Å². The third-order valence-corrected chi connectivity index (χ3v) is 6.34. The average Bonchev–Trinajstić information content (AvgIpc) is 3.16. The predicted octanol–water partition coefficient (Wildman–Crippen LogP) is 4.55. The van der Waals surface area contributed by atoms with E-state index in [-0.39, 0.29) is 4.90 Å². The summed E-state index contributed by atoms with van der Waals surface area (Å²) in [5, 5.41) is 0.954. The summed E-state index contributed by atoms with van der Waals surface area (Å²) in [5.74, 6) is 0.750. The van der Waals surface area contributed by atoms with Crippen LogP contribution >= 0.6 is 0 Å². The van der Waals surface area contributed by atoms with Gasteiger partial charge in [0.2, 0.25) is 10.0 Å². The van der Waals surface area contributed by atoms with E-state index >= 15 is 0 Å². The molecule has 148 valence electrons. The van der Waals surface area contributed by atoms with Crippen molar-refractivity contribution in [3.8, 4) is 5.75 Å². The van der Waals surface area contributed by atoms with Crippen LogP contribution in [0.5, 0.6) is 5.75 Å². The van der Waals surface area contributed by atoms with E-state index in [0.29, 0.717) is 0 Å². The van der Waals surface area contributed by atoms with Crippen molar-refractivity contribution in [3.05, 3.63) is 95.7 Å². The summed E-state index contributed by atoms with van der Waals surface area (Å²) in [6.45, 7) is 1.93. The Labute approximate surface area is 170 Å². The number of aromatic amines is 1. The predicted molar refractivity (Wildman–Crippen MR) is 115 cm³/mol. The van der Waals surface area contributed by atoms with E-state index in [9.17, 15) is 8.42 Å². The minimum atomic E-state index is -3.72. The molecule has 1 aromatic heterocycles. The maximum atomic E-state index is 13.1. The minimum absolute atomic E-state index is 0.238. The number of aromatic nitrogens is 1. The molecular weight excluding hydrogens is 384 g/mol. The molecule has 0 aliphatic rings. The van der Waals surface area contributed by atoms with Gasteiger partial charge in [0.25, 0.3) is 0 Å². The van der Waals surface area contributed by atoms with Crippen LogP contribution in [0.4, 0.5) is 0 Å². The van der Waals surface area contributed by atoms with Crippen molar-refractivity contribution in [2.75, 3.05) is 7.11 Å². The van der Waals surface area contributed by atoms with Crippen molar-refractivity contribution < 1.29 is 13.2 Å². The number of ether oxygens (including phenoxy) is 1. The van der Waals surface area contributed by atoms with Gasteiger partial charge in [0.15, 0.2) is 0 Å². The lowest BCUT2D eigenvalue weighted by atomic mass is 10.0. The zero-order valence-electron chi connectivity index (χ0n) is 16.2. The van der Waals surface area contributed by atoms with Crippen LogP contribution in [0, 0.1) is 6.92 Å². The molecule has 3 aromatic carbocycles. The maximum Gasteiger partial charge on any atom is 0.241 e. The van der Waals surface area contributed by atoms with E-state index < -0.39 is 16.1 Å². The van der Waals surface area contributed by atoms with Crippen molar-refractivity contribution in [3.63, 3.8) is 0 Å². The molecule has 4 rings (SSSR count). The largest absolute Gasteiger partial charge is 0.497 e. The normalized spacial score (nSPS) is 12.8. The van der Waals surface area contributed by atoms with E-state index in [1.165, 1.54) is 0 Å². The Morgan fingerprint density at radius 1 is 0.931 bits per heavy atom. The standard InChI is InChI=1S/C23H22N2O3S/c1-16-8-11-20(12-9-16)29(26,27)25-23(17-6-4-3-5-7-17)22-15-18-14-19(28-2)10-13-21(18)24-22/h3-15,23-25H,1-2H3. The van der Waals surface area contributed by atoms with E-state index in [0.717, 1.165) is 33.5 Å². The Kier molecular flexibility index (Phi) is 5.13. The fourth-order valence-corrected chi connectivity index (χ4v) is 4.52. The van der Waals surface area contributed by atoms with Crippen molar-refractivity contribution in [1.29, 1.82) is 0 Å². The van der Waals surface area contributed by atoms with Crippen LogP contribution in [0.2, 0.25) is 0 Å². The lowest BCUT2D eigenvalue weighted by molar-refractivity contribution is 0.415. The van der Waals surface area contributed by atoms with E-state index in [2.05, 4.69) is 9.71 Å². The van der Waals surface area contributed by atoms with Gasteiger partial charge < -0.3 is 9.72 Å². The molecule has 0 bridgehead atoms. The Bertz CT molecular complexity index is 1230. The highest BCUT2D eigenvalue weighted by Crippen LogP contribution is 2.29. The molecule has 2 N–H and O–H groups in total. The second-order valence-corrected chi connectivity index (χ2v) is 8.67. The summed E-state index contributed by atoms with van der Waals surface area (Å²) in [6.07, 6.45) is 0. The second kappa shape index (κ2) is 7.73. The SMILES string of the molecule is COc1ccc2[nH]c(C(NS(=O)(=O)c3ccc(C)cc3)c3ccccc3)cc2c1. The highest BCUT2D eigenvalue weighted by atomic mass is 32.2. The first-order valence-corrected chi connectivity index (χ1v) is 10.8. The molecule has 5 nitrogen and oxygen atoms in total. The summed E-state index contributed by atoms with van der Waals surface area (Å²) in [4.78, 5) is 3.58. The molecule has 0 aliphatic heterocycles. The Balaban J connectivity index is 1.77. The first kappa shape index (κ1) is 19.2. The molecule has 0 saturated carbocycles. The zero-order valence-corrected chi connectivity index (χ0v) is 17.0. The van der Waals surface area contributed by atoms with Crippen molar-refractivity contribution in [1.82, 2.24) is 9.71 Å². The van der Waals surface area contributed by atoms with Gasteiger partial charge in [0.05, 0.1) is 18.0 Å². The molecule has 0 radical (unpaired) electrons. The van der Waals surface area contributed by atoms with Crippen LogP contribution in [0.25, 0.3) is 10.9 Å². The first-order chi connectivity index (χ1) is 14.0. The number of nitrogens with one attached hydrogen (secondary N) is 2. The van der Waals surface area contributed by atoms with Crippen LogP contribution < -0.4 is 9.46 Å². The average molecular weight is 407 g/mol. The number of benzene rings is 3. The molecule has 0 saturated heterocycles. The second-order valence-electron chi connectivity index (χ2n) is 6.96. The number of hydrogen-bond donors (Lipinski definition) is 2. The quantitative estimate of drug-likeness (QED) is 0.493. The lowest BCUT2D eigenvalue weighted by Gasteiger charge is -2.18. The number of rotatable bonds is 6. The summed E-state index contributed by atoms with van der Waals surface area (Å²) in [7, 11) is -2.10. The Morgan fingerprint density at radius 2 is 1.66 bits per heavy atom. The third kappa shape index (κ3) is 4.04. The molecule has 29 heavy (non-hydrogen) atoms. The highest BCUT2D eigenvalue weighted by Gasteiger charge is 2.24. The zero-order chi connectivity index (χ0) is 20.4. The van der Waals surface area contributed by atoms with Crippen LogP contribution in [-0.2, 0) is 10.0 Å². The van der Waals surface area contributed by atoms with Gasteiger partial charge in [-0.3, -0.25) is 0 Å². The Morgan fingerprint density at radius 3 is 2.34 bits per heavy atom. The number of sulfonamides is 1. The summed E-state index contributed by atoms with van der Waals surface area (Å²) in [5.41, 5.74) is 3.53. The number of fused-ring (bicyclic) bond motifs is 1. The molecule has 6 heteroatoms. The molecule has 0 fully saturated rings. The third-order valence-electron chi connectivity index (χ3n) is 4.90. The molecule has 0 spiro atoms. The van der Waals surface area contributed by atoms with Gasteiger partial charge in [0, 0.05) is 16.6 Å². The smallest absolute Gasteiger partial charge is 0.241 e. The van der Waals surface area contributed by atoms with Crippen LogP contribution in [0.1, 0.15) is 22.9 Å². The maximum absolute atomic E-state index is 13.1. The van der Waals surface area contributed by atoms with Crippen molar-refractivity contribution in [2.24, 2.45) is 0 Å². The van der Waals surface area contributed by atoms with Crippen LogP contribution in [-0.4, -0.2) is 20.5 Å². The number of H-pyrrole nitrogens is 1. The van der Waals surface area contributed by atoms with Gasteiger partial charge in [-0.25, -0.2) is 8.42 Å². The molecule has 1 atom stereocenters. The van der Waals surface area contributed by atoms with Crippen molar-refractivity contribution >= 4 is 20.9 Å². The molecule has 0 amide bonds. The number of methoxy groups -OCH3 is 1. The highest BCUT2D eigenvalue weighted by molar-refractivity contribution is 7.89. The molecular formula is C23H22N2O3S. The van der Waals surface area contributed by atoms with Gasteiger partial charge >= 0.3 is 0 Å². The first-order valence-electron chi connectivity index (χ1n) is 9.27. The molecule has 0 aliphatic carbocycles. The van der Waals surface area contributed by atoms with E-state index in [1.54, 1.807) is 31.4 Å². The number of aryl methyl sites for hydroxylation is 1. The summed E-state index contributed by atoms with van der Waals surface area (Å²) >= 11 is 0. The molecule has 4 aromatic rings. The van der Waals surface area contributed by atoms with Crippen LogP contribution in [0.3, 0.4) is 0 Å². The van der Waals surface area contributed by atoms with E-state index in [4.69, 9.17) is 4.74 Å². The lowest BCUT2D eigenvalue weighted by Crippen LogP contribution is -2.29. The van der Waals surface area contributed by atoms with Gasteiger partial charge in [0.1, 0.15) is 5.75 Å². The van der Waals surface area contributed by atoms with Crippen LogP contribution in [0.15, 0.2) is 83.8 Å². The van der Waals surface area contributed by atoms with E-state index in [1.807, 2.05) is 61.5 Å². The van der Waals surface area contributed by atoms with Gasteiger partial charge in [-0.05, 0) is 48.9 Å².